The fraction of sp³-hybridized carbons (Fsp3) is 0.200. The lowest BCUT2D eigenvalue weighted by Gasteiger charge is -2.13. The van der Waals surface area contributed by atoms with Gasteiger partial charge in [-0.1, -0.05) is 18.2 Å². The molecule has 0 saturated carbocycles. The molecule has 0 bridgehead atoms. The predicted molar refractivity (Wildman–Crippen MR) is 97.7 cm³/mol. The summed E-state index contributed by atoms with van der Waals surface area (Å²) in [5.74, 6) is 1.71. The Kier molecular flexibility index (Phi) is 5.22. The maximum absolute atomic E-state index is 12.0. The minimum atomic E-state index is -0.353. The third kappa shape index (κ3) is 3.39. The first-order valence-corrected chi connectivity index (χ1v) is 8.07. The number of carbonyl (C=O) groups excluding carboxylic acids is 1. The number of hydrogen-bond acceptors (Lipinski definition) is 5. The zero-order valence-electron chi connectivity index (χ0n) is 14.9. The third-order valence-corrected chi connectivity index (χ3v) is 4.12. The van der Waals surface area contributed by atoms with E-state index < -0.39 is 0 Å². The van der Waals surface area contributed by atoms with E-state index in [1.54, 1.807) is 26.5 Å². The van der Waals surface area contributed by atoms with Gasteiger partial charge in [0.25, 0.3) is 0 Å². The van der Waals surface area contributed by atoms with Crippen molar-refractivity contribution in [2.45, 2.75) is 6.54 Å². The van der Waals surface area contributed by atoms with Crippen molar-refractivity contribution in [3.8, 4) is 22.9 Å². The number of aromatic nitrogens is 2. The van der Waals surface area contributed by atoms with Crippen molar-refractivity contribution in [2.24, 2.45) is 0 Å². The molecule has 0 saturated heterocycles. The number of imidazole rings is 1. The molecule has 0 fully saturated rings. The lowest BCUT2D eigenvalue weighted by atomic mass is 10.1. The Bertz CT molecular complexity index is 918. The third-order valence-electron chi connectivity index (χ3n) is 4.12. The Labute approximate surface area is 152 Å². The summed E-state index contributed by atoms with van der Waals surface area (Å²) in [6.07, 6.45) is 3.60. The lowest BCUT2D eigenvalue weighted by molar-refractivity contribution is 0.0599. The maximum Gasteiger partial charge on any atom is 0.338 e. The number of rotatable bonds is 6. The summed E-state index contributed by atoms with van der Waals surface area (Å²) in [7, 11) is 4.58. The SMILES string of the molecule is COC(=O)c1ccccc1Cn1ccnc1-c1ccc(OC)c(OC)c1. The molecule has 6 heteroatoms. The van der Waals surface area contributed by atoms with Gasteiger partial charge < -0.3 is 18.8 Å². The predicted octanol–water partition coefficient (Wildman–Crippen LogP) is 3.40. The highest BCUT2D eigenvalue weighted by molar-refractivity contribution is 5.91. The summed E-state index contributed by atoms with van der Waals surface area (Å²) >= 11 is 0. The minimum absolute atomic E-state index is 0.353. The molecule has 0 radical (unpaired) electrons. The van der Waals surface area contributed by atoms with Gasteiger partial charge in [0, 0.05) is 24.5 Å². The van der Waals surface area contributed by atoms with E-state index >= 15 is 0 Å². The Balaban J connectivity index is 1.97. The second-order valence-electron chi connectivity index (χ2n) is 5.60. The van der Waals surface area contributed by atoms with E-state index in [1.165, 1.54) is 7.11 Å². The van der Waals surface area contributed by atoms with E-state index in [0.29, 0.717) is 23.6 Å². The van der Waals surface area contributed by atoms with E-state index in [2.05, 4.69) is 4.98 Å². The van der Waals surface area contributed by atoms with Gasteiger partial charge in [0.2, 0.25) is 0 Å². The van der Waals surface area contributed by atoms with Crippen molar-refractivity contribution in [3.63, 3.8) is 0 Å². The smallest absolute Gasteiger partial charge is 0.338 e. The largest absolute Gasteiger partial charge is 0.493 e. The van der Waals surface area contributed by atoms with Crippen LogP contribution in [0.15, 0.2) is 54.9 Å². The molecule has 0 amide bonds. The van der Waals surface area contributed by atoms with E-state index in [1.807, 2.05) is 47.2 Å². The average Bonchev–Trinajstić information content (AvgIpc) is 3.15. The van der Waals surface area contributed by atoms with Gasteiger partial charge in [-0.15, -0.1) is 0 Å². The van der Waals surface area contributed by atoms with E-state index in [4.69, 9.17) is 14.2 Å². The first-order chi connectivity index (χ1) is 12.7. The monoisotopic (exact) mass is 352 g/mol. The highest BCUT2D eigenvalue weighted by Crippen LogP contribution is 2.32. The molecule has 3 rings (SSSR count). The number of hydrogen-bond donors (Lipinski definition) is 0. The lowest BCUT2D eigenvalue weighted by Crippen LogP contribution is -2.09. The Morgan fingerprint density at radius 3 is 2.54 bits per heavy atom. The van der Waals surface area contributed by atoms with Crippen LogP contribution in [0.1, 0.15) is 15.9 Å². The highest BCUT2D eigenvalue weighted by Gasteiger charge is 2.14. The molecule has 0 N–H and O–H groups in total. The van der Waals surface area contributed by atoms with E-state index in [0.717, 1.165) is 17.0 Å². The van der Waals surface area contributed by atoms with Crippen LogP contribution >= 0.6 is 0 Å². The van der Waals surface area contributed by atoms with Gasteiger partial charge in [0.1, 0.15) is 5.82 Å². The molecule has 26 heavy (non-hydrogen) atoms. The molecule has 134 valence electrons. The number of ether oxygens (including phenoxy) is 3. The second kappa shape index (κ2) is 7.74. The van der Waals surface area contributed by atoms with Crippen molar-refractivity contribution in [1.29, 1.82) is 0 Å². The summed E-state index contributed by atoms with van der Waals surface area (Å²) in [4.78, 5) is 16.5. The zero-order valence-corrected chi connectivity index (χ0v) is 14.9. The van der Waals surface area contributed by atoms with Crippen LogP contribution in [0.3, 0.4) is 0 Å². The molecule has 0 atom stereocenters. The van der Waals surface area contributed by atoms with E-state index in [-0.39, 0.29) is 5.97 Å². The van der Waals surface area contributed by atoms with E-state index in [9.17, 15) is 4.79 Å². The van der Waals surface area contributed by atoms with Crippen LogP contribution in [0.2, 0.25) is 0 Å². The van der Waals surface area contributed by atoms with Crippen LogP contribution in [0.4, 0.5) is 0 Å². The van der Waals surface area contributed by atoms with Crippen LogP contribution in [-0.4, -0.2) is 36.8 Å². The first-order valence-electron chi connectivity index (χ1n) is 8.07. The van der Waals surface area contributed by atoms with Gasteiger partial charge in [-0.25, -0.2) is 9.78 Å². The molecule has 0 aliphatic carbocycles. The standard InChI is InChI=1S/C20H20N2O4/c1-24-17-9-8-14(12-18(17)25-2)19-21-10-11-22(19)13-15-6-4-5-7-16(15)20(23)26-3/h4-12H,13H2,1-3H3. The number of esters is 1. The average molecular weight is 352 g/mol. The van der Waals surface area contributed by atoms with Crippen LogP contribution in [0, 0.1) is 0 Å². The Morgan fingerprint density at radius 1 is 1.04 bits per heavy atom. The fourth-order valence-corrected chi connectivity index (χ4v) is 2.82. The Hall–Kier alpha value is -3.28. The highest BCUT2D eigenvalue weighted by atomic mass is 16.5. The van der Waals surface area contributed by atoms with Gasteiger partial charge in [0.05, 0.1) is 26.9 Å². The molecule has 3 aromatic rings. The molecule has 0 spiro atoms. The summed E-state index contributed by atoms with van der Waals surface area (Å²) in [5, 5.41) is 0. The quantitative estimate of drug-likeness (QED) is 0.636. The number of methoxy groups -OCH3 is 3. The van der Waals surface area contributed by atoms with Crippen LogP contribution in [-0.2, 0) is 11.3 Å². The number of benzene rings is 2. The summed E-state index contributed by atoms with van der Waals surface area (Å²) in [5.41, 5.74) is 2.30. The zero-order chi connectivity index (χ0) is 18.5. The first kappa shape index (κ1) is 17.5. The molecular formula is C20H20N2O4. The maximum atomic E-state index is 12.0. The molecular weight excluding hydrogens is 332 g/mol. The molecule has 6 nitrogen and oxygen atoms in total. The van der Waals surface area contributed by atoms with Gasteiger partial charge in [0.15, 0.2) is 11.5 Å². The normalized spacial score (nSPS) is 10.4. The topological polar surface area (TPSA) is 62.6 Å². The van der Waals surface area contributed by atoms with Gasteiger partial charge >= 0.3 is 5.97 Å². The second-order valence-corrected chi connectivity index (χ2v) is 5.60. The van der Waals surface area contributed by atoms with Crippen LogP contribution in [0.5, 0.6) is 11.5 Å². The van der Waals surface area contributed by atoms with Gasteiger partial charge in [-0.3, -0.25) is 0 Å². The summed E-state index contributed by atoms with van der Waals surface area (Å²) < 4.78 is 17.5. The van der Waals surface area contributed by atoms with Crippen molar-refractivity contribution < 1.29 is 19.0 Å². The minimum Gasteiger partial charge on any atom is -0.493 e. The van der Waals surface area contributed by atoms with Gasteiger partial charge in [-0.05, 0) is 29.8 Å². The molecule has 0 unspecified atom stereocenters. The Morgan fingerprint density at radius 2 is 1.81 bits per heavy atom. The molecule has 1 aromatic heterocycles. The van der Waals surface area contributed by atoms with Gasteiger partial charge in [-0.2, -0.15) is 0 Å². The summed E-state index contributed by atoms with van der Waals surface area (Å²) in [6.45, 7) is 0.495. The molecule has 2 aromatic carbocycles. The fourth-order valence-electron chi connectivity index (χ4n) is 2.82. The van der Waals surface area contributed by atoms with Crippen molar-refractivity contribution in [3.05, 3.63) is 66.0 Å². The van der Waals surface area contributed by atoms with Crippen LogP contribution < -0.4 is 9.47 Å². The molecule has 0 aliphatic heterocycles. The van der Waals surface area contributed by atoms with Crippen molar-refractivity contribution >= 4 is 5.97 Å². The molecule has 1 heterocycles. The molecule has 0 aliphatic rings. The summed E-state index contributed by atoms with van der Waals surface area (Å²) in [6, 6.07) is 13.0. The van der Waals surface area contributed by atoms with Crippen molar-refractivity contribution in [2.75, 3.05) is 21.3 Å². The van der Waals surface area contributed by atoms with Crippen molar-refractivity contribution in [1.82, 2.24) is 9.55 Å². The number of carbonyl (C=O) groups is 1. The number of nitrogens with zero attached hydrogens (tertiary/aromatic N) is 2. The van der Waals surface area contributed by atoms with Crippen LogP contribution in [0.25, 0.3) is 11.4 Å².